The van der Waals surface area contributed by atoms with Crippen LogP contribution in [-0.2, 0) is 4.79 Å². The summed E-state index contributed by atoms with van der Waals surface area (Å²) in [5.74, 6) is -0.422. The zero-order valence-corrected chi connectivity index (χ0v) is 8.25. The lowest BCUT2D eigenvalue weighted by atomic mass is 9.95. The second kappa shape index (κ2) is 5.22. The van der Waals surface area contributed by atoms with Gasteiger partial charge in [-0.1, -0.05) is 19.8 Å². The summed E-state index contributed by atoms with van der Waals surface area (Å²) in [6, 6.07) is 0.415. The summed E-state index contributed by atoms with van der Waals surface area (Å²) in [7, 11) is 0. The molecular formula is C10H19NO2. The maximum Gasteiger partial charge on any atom is 0.303 e. The number of hydrogen-bond acceptors (Lipinski definition) is 2. The number of nitrogens with one attached hydrogen (secondary N) is 1. The summed E-state index contributed by atoms with van der Waals surface area (Å²) < 4.78 is 0. The third-order valence-electron chi connectivity index (χ3n) is 2.78. The first-order chi connectivity index (χ1) is 6.20. The van der Waals surface area contributed by atoms with Crippen LogP contribution >= 0.6 is 0 Å². The smallest absolute Gasteiger partial charge is 0.303 e. The first kappa shape index (κ1) is 10.5. The summed E-state index contributed by atoms with van der Waals surface area (Å²) in [5.41, 5.74) is 0. The maximum absolute atomic E-state index is 10.5. The fraction of sp³-hybridized carbons (Fsp3) is 0.900. The molecule has 0 aromatic rings. The van der Waals surface area contributed by atoms with E-state index in [0.29, 0.717) is 6.04 Å². The van der Waals surface area contributed by atoms with Gasteiger partial charge in [0.15, 0.2) is 0 Å². The Morgan fingerprint density at radius 3 is 3.00 bits per heavy atom. The Kier molecular flexibility index (Phi) is 4.22. The standard InChI is InChI=1S/C10H19NO2/c1-8(7-10(12)13)9-5-3-2-4-6-11-9/h8-9,11H,2-7H2,1H3,(H,12,13). The van der Waals surface area contributed by atoms with Crippen LogP contribution in [-0.4, -0.2) is 23.7 Å². The van der Waals surface area contributed by atoms with Gasteiger partial charge in [-0.3, -0.25) is 4.79 Å². The molecule has 76 valence electrons. The van der Waals surface area contributed by atoms with Crippen molar-refractivity contribution in [3.63, 3.8) is 0 Å². The zero-order chi connectivity index (χ0) is 9.68. The zero-order valence-electron chi connectivity index (χ0n) is 8.25. The SMILES string of the molecule is CC(CC(=O)O)C1CCCCCN1. The molecule has 2 N–H and O–H groups in total. The molecule has 3 nitrogen and oxygen atoms in total. The van der Waals surface area contributed by atoms with Crippen molar-refractivity contribution in [2.24, 2.45) is 5.92 Å². The van der Waals surface area contributed by atoms with Gasteiger partial charge >= 0.3 is 5.97 Å². The van der Waals surface area contributed by atoms with Crippen molar-refractivity contribution in [3.8, 4) is 0 Å². The predicted molar refractivity (Wildman–Crippen MR) is 51.7 cm³/mol. The number of carboxylic acids is 1. The molecule has 1 saturated heterocycles. The van der Waals surface area contributed by atoms with E-state index in [1.54, 1.807) is 0 Å². The Labute approximate surface area is 79.5 Å². The number of carbonyl (C=O) groups is 1. The summed E-state index contributed by atoms with van der Waals surface area (Å²) >= 11 is 0. The normalized spacial score (nSPS) is 26.4. The van der Waals surface area contributed by atoms with Crippen molar-refractivity contribution >= 4 is 5.97 Å². The molecule has 1 aliphatic rings. The van der Waals surface area contributed by atoms with E-state index >= 15 is 0 Å². The minimum absolute atomic E-state index is 0.260. The van der Waals surface area contributed by atoms with Crippen molar-refractivity contribution in [1.82, 2.24) is 5.32 Å². The van der Waals surface area contributed by atoms with Crippen LogP contribution in [0.15, 0.2) is 0 Å². The van der Waals surface area contributed by atoms with Crippen molar-refractivity contribution in [2.45, 2.75) is 45.1 Å². The van der Waals surface area contributed by atoms with Gasteiger partial charge in [0.1, 0.15) is 0 Å². The van der Waals surface area contributed by atoms with E-state index in [0.717, 1.165) is 13.0 Å². The minimum atomic E-state index is -0.682. The van der Waals surface area contributed by atoms with Gasteiger partial charge in [0.05, 0.1) is 0 Å². The van der Waals surface area contributed by atoms with E-state index in [1.165, 1.54) is 19.3 Å². The highest BCUT2D eigenvalue weighted by molar-refractivity contribution is 5.67. The van der Waals surface area contributed by atoms with Gasteiger partial charge in [-0.2, -0.15) is 0 Å². The van der Waals surface area contributed by atoms with E-state index in [4.69, 9.17) is 5.11 Å². The van der Waals surface area contributed by atoms with Gasteiger partial charge in [-0.25, -0.2) is 0 Å². The molecule has 0 aromatic heterocycles. The molecule has 0 radical (unpaired) electrons. The molecule has 0 saturated carbocycles. The second-order valence-electron chi connectivity index (χ2n) is 3.99. The predicted octanol–water partition coefficient (Wildman–Crippen LogP) is 1.63. The summed E-state index contributed by atoms with van der Waals surface area (Å²) in [4.78, 5) is 10.5. The van der Waals surface area contributed by atoms with Crippen molar-refractivity contribution in [2.75, 3.05) is 6.54 Å². The fourth-order valence-electron chi connectivity index (χ4n) is 1.96. The van der Waals surface area contributed by atoms with Crippen LogP contribution in [0, 0.1) is 5.92 Å². The van der Waals surface area contributed by atoms with E-state index in [-0.39, 0.29) is 12.3 Å². The van der Waals surface area contributed by atoms with Crippen LogP contribution in [0.2, 0.25) is 0 Å². The van der Waals surface area contributed by atoms with Crippen LogP contribution in [0.5, 0.6) is 0 Å². The molecule has 0 spiro atoms. The molecule has 0 amide bonds. The second-order valence-corrected chi connectivity index (χ2v) is 3.99. The van der Waals surface area contributed by atoms with E-state index < -0.39 is 5.97 Å². The summed E-state index contributed by atoms with van der Waals surface area (Å²) in [6.07, 6.45) is 5.17. The largest absolute Gasteiger partial charge is 0.481 e. The van der Waals surface area contributed by atoms with Crippen LogP contribution in [0.25, 0.3) is 0 Å². The molecule has 0 aliphatic carbocycles. The number of carboxylic acid groups (broad SMARTS) is 1. The molecular weight excluding hydrogens is 166 g/mol. The molecule has 0 bridgehead atoms. The molecule has 1 heterocycles. The quantitative estimate of drug-likeness (QED) is 0.702. The minimum Gasteiger partial charge on any atom is -0.481 e. The summed E-state index contributed by atoms with van der Waals surface area (Å²) in [6.45, 7) is 3.08. The average molecular weight is 185 g/mol. The van der Waals surface area contributed by atoms with Crippen molar-refractivity contribution in [3.05, 3.63) is 0 Å². The Morgan fingerprint density at radius 1 is 1.54 bits per heavy atom. The molecule has 3 heteroatoms. The molecule has 0 aromatic carbocycles. The number of hydrogen-bond donors (Lipinski definition) is 2. The highest BCUT2D eigenvalue weighted by Crippen LogP contribution is 2.17. The Balaban J connectivity index is 2.34. The van der Waals surface area contributed by atoms with Crippen LogP contribution in [0.4, 0.5) is 0 Å². The molecule has 1 fully saturated rings. The van der Waals surface area contributed by atoms with Gasteiger partial charge in [-0.15, -0.1) is 0 Å². The van der Waals surface area contributed by atoms with Gasteiger partial charge in [0, 0.05) is 12.5 Å². The van der Waals surface area contributed by atoms with Crippen LogP contribution in [0.3, 0.4) is 0 Å². The Hall–Kier alpha value is -0.570. The third kappa shape index (κ3) is 3.77. The molecule has 1 aliphatic heterocycles. The lowest BCUT2D eigenvalue weighted by Gasteiger charge is -2.21. The van der Waals surface area contributed by atoms with Crippen LogP contribution in [0.1, 0.15) is 39.0 Å². The lowest BCUT2D eigenvalue weighted by Crippen LogP contribution is -2.35. The average Bonchev–Trinajstić information content (AvgIpc) is 2.29. The summed E-state index contributed by atoms with van der Waals surface area (Å²) in [5, 5.41) is 12.1. The maximum atomic E-state index is 10.5. The van der Waals surface area contributed by atoms with Gasteiger partial charge in [0.25, 0.3) is 0 Å². The van der Waals surface area contributed by atoms with E-state index in [9.17, 15) is 4.79 Å². The van der Waals surface area contributed by atoms with Crippen molar-refractivity contribution < 1.29 is 9.90 Å². The number of aliphatic carboxylic acids is 1. The fourth-order valence-corrected chi connectivity index (χ4v) is 1.96. The van der Waals surface area contributed by atoms with Crippen LogP contribution < -0.4 is 5.32 Å². The first-order valence-corrected chi connectivity index (χ1v) is 5.15. The monoisotopic (exact) mass is 185 g/mol. The molecule has 1 rings (SSSR count). The Bertz CT molecular complexity index is 162. The first-order valence-electron chi connectivity index (χ1n) is 5.15. The van der Waals surface area contributed by atoms with E-state index in [1.807, 2.05) is 6.92 Å². The van der Waals surface area contributed by atoms with Gasteiger partial charge in [-0.05, 0) is 25.3 Å². The lowest BCUT2D eigenvalue weighted by molar-refractivity contribution is -0.138. The van der Waals surface area contributed by atoms with E-state index in [2.05, 4.69) is 5.32 Å². The molecule has 2 atom stereocenters. The molecule has 13 heavy (non-hydrogen) atoms. The highest BCUT2D eigenvalue weighted by Gasteiger charge is 2.20. The Morgan fingerprint density at radius 2 is 2.31 bits per heavy atom. The topological polar surface area (TPSA) is 49.3 Å². The number of rotatable bonds is 3. The van der Waals surface area contributed by atoms with Gasteiger partial charge in [0.2, 0.25) is 0 Å². The molecule has 2 unspecified atom stereocenters. The van der Waals surface area contributed by atoms with Gasteiger partial charge < -0.3 is 10.4 Å². The van der Waals surface area contributed by atoms with Crippen molar-refractivity contribution in [1.29, 1.82) is 0 Å². The third-order valence-corrected chi connectivity index (χ3v) is 2.78. The highest BCUT2D eigenvalue weighted by atomic mass is 16.4.